The number of carbonyl (C=O) groups is 1. The molecule has 2 N–H and O–H groups in total. The van der Waals surface area contributed by atoms with Crippen LogP contribution in [0.15, 0.2) is 63.9 Å². The van der Waals surface area contributed by atoms with Crippen molar-refractivity contribution in [2.45, 2.75) is 38.0 Å². The molecule has 1 aliphatic heterocycles. The molecule has 12 heteroatoms. The predicted octanol–water partition coefficient (Wildman–Crippen LogP) is 4.30. The number of amides is 1. The highest BCUT2D eigenvalue weighted by Crippen LogP contribution is 2.48. The van der Waals surface area contributed by atoms with Crippen LogP contribution in [0, 0.1) is 11.6 Å². The second kappa shape index (κ2) is 11.7. The minimum absolute atomic E-state index is 0.0454. The minimum Gasteiger partial charge on any atom is -0.356 e. The number of carbonyl (C=O) groups excluding carboxylic acids is 1. The Morgan fingerprint density at radius 2 is 2.13 bits per heavy atom. The molecule has 2 atom stereocenters. The standard InChI is InChI=1S/C27H27BrF2N6O3/c1-17(37)32-10-8-18-4-2-3-5-20(18)26-24(28)25(34-39-26)21-15-31-11-9-27(21,38-16-36-13-12-33-35-36)19-6-7-22(29)23(30)14-19/h2-7,12-14,21,31H,8-11,15-16H2,1H3,(H,32,37)/t21-,27+/m1/s1. The molecule has 0 saturated carbocycles. The molecule has 3 heterocycles. The molecular formula is C27H27BrF2N6O3. The summed E-state index contributed by atoms with van der Waals surface area (Å²) in [5, 5.41) is 18.5. The maximum atomic E-state index is 14.5. The summed E-state index contributed by atoms with van der Waals surface area (Å²) in [6.07, 6.45) is 4.26. The number of nitrogens with one attached hydrogen (secondary N) is 2. The van der Waals surface area contributed by atoms with Gasteiger partial charge in [-0.1, -0.05) is 40.7 Å². The fourth-order valence-electron chi connectivity index (χ4n) is 5.03. The first-order chi connectivity index (χ1) is 18.9. The van der Waals surface area contributed by atoms with Crippen LogP contribution in [0.25, 0.3) is 11.3 Å². The van der Waals surface area contributed by atoms with Crippen LogP contribution in [-0.4, -0.2) is 45.7 Å². The molecule has 0 spiro atoms. The Bertz CT molecular complexity index is 1450. The smallest absolute Gasteiger partial charge is 0.216 e. The van der Waals surface area contributed by atoms with Crippen molar-refractivity contribution in [3.05, 3.63) is 87.8 Å². The molecule has 0 unspecified atom stereocenters. The predicted molar refractivity (Wildman–Crippen MR) is 141 cm³/mol. The first-order valence-electron chi connectivity index (χ1n) is 12.5. The molecule has 1 aliphatic rings. The van der Waals surface area contributed by atoms with Crippen LogP contribution in [-0.2, 0) is 28.3 Å². The van der Waals surface area contributed by atoms with Gasteiger partial charge in [0.1, 0.15) is 18.0 Å². The van der Waals surface area contributed by atoms with Gasteiger partial charge in [0.25, 0.3) is 0 Å². The number of ether oxygens (including phenoxy) is 1. The maximum Gasteiger partial charge on any atom is 0.216 e. The Balaban J connectivity index is 1.55. The van der Waals surface area contributed by atoms with Crippen molar-refractivity contribution in [3.63, 3.8) is 0 Å². The van der Waals surface area contributed by atoms with Crippen molar-refractivity contribution in [1.82, 2.24) is 30.8 Å². The number of benzene rings is 2. The fraction of sp³-hybridized carbons (Fsp3) is 0.333. The third-order valence-electron chi connectivity index (χ3n) is 6.94. The Morgan fingerprint density at radius 1 is 1.28 bits per heavy atom. The highest BCUT2D eigenvalue weighted by atomic mass is 79.9. The molecule has 5 rings (SSSR count). The van der Waals surface area contributed by atoms with E-state index in [0.29, 0.717) is 54.0 Å². The molecule has 4 aromatic rings. The van der Waals surface area contributed by atoms with Gasteiger partial charge in [0.2, 0.25) is 5.91 Å². The summed E-state index contributed by atoms with van der Waals surface area (Å²) in [5.41, 5.74) is 1.80. The average molecular weight is 601 g/mol. The van der Waals surface area contributed by atoms with Gasteiger partial charge in [-0.2, -0.15) is 0 Å². The maximum absolute atomic E-state index is 14.5. The van der Waals surface area contributed by atoms with E-state index in [1.807, 2.05) is 24.3 Å². The van der Waals surface area contributed by atoms with Gasteiger partial charge in [-0.25, -0.2) is 13.5 Å². The monoisotopic (exact) mass is 600 g/mol. The quantitative estimate of drug-likeness (QED) is 0.295. The molecule has 204 valence electrons. The van der Waals surface area contributed by atoms with Crippen molar-refractivity contribution in [2.24, 2.45) is 0 Å². The first kappa shape index (κ1) is 27.1. The Hall–Kier alpha value is -3.48. The highest BCUT2D eigenvalue weighted by Gasteiger charge is 2.47. The van der Waals surface area contributed by atoms with Crippen LogP contribution >= 0.6 is 15.9 Å². The summed E-state index contributed by atoms with van der Waals surface area (Å²) < 4.78 is 43.0. The highest BCUT2D eigenvalue weighted by molar-refractivity contribution is 9.10. The van der Waals surface area contributed by atoms with Gasteiger partial charge in [-0.15, -0.1) is 5.10 Å². The van der Waals surface area contributed by atoms with E-state index in [2.05, 4.69) is 42.0 Å². The SMILES string of the molecule is CC(=O)NCCc1ccccc1-c1onc([C@H]2CNCC[C@]2(OCn2ccnn2)c2ccc(F)c(F)c2)c1Br. The lowest BCUT2D eigenvalue weighted by atomic mass is 9.74. The van der Waals surface area contributed by atoms with Gasteiger partial charge in [0, 0.05) is 31.8 Å². The first-order valence-corrected chi connectivity index (χ1v) is 13.3. The molecule has 1 saturated heterocycles. The van der Waals surface area contributed by atoms with Crippen molar-refractivity contribution in [2.75, 3.05) is 19.6 Å². The molecule has 2 aromatic heterocycles. The van der Waals surface area contributed by atoms with Crippen molar-refractivity contribution < 1.29 is 22.8 Å². The molecule has 1 amide bonds. The molecule has 0 radical (unpaired) electrons. The van der Waals surface area contributed by atoms with E-state index in [-0.39, 0.29) is 12.6 Å². The second-order valence-electron chi connectivity index (χ2n) is 9.34. The van der Waals surface area contributed by atoms with E-state index in [4.69, 9.17) is 9.26 Å². The normalized spacial score (nSPS) is 19.2. The number of rotatable bonds is 9. The summed E-state index contributed by atoms with van der Waals surface area (Å²) in [5.74, 6) is -1.89. The lowest BCUT2D eigenvalue weighted by molar-refractivity contribution is -0.122. The molecule has 1 fully saturated rings. The Morgan fingerprint density at radius 3 is 2.90 bits per heavy atom. The molecule has 39 heavy (non-hydrogen) atoms. The van der Waals surface area contributed by atoms with Crippen LogP contribution in [0.3, 0.4) is 0 Å². The number of hydrogen-bond donors (Lipinski definition) is 2. The van der Waals surface area contributed by atoms with Gasteiger partial charge < -0.3 is 19.9 Å². The Kier molecular flexibility index (Phi) is 8.15. The third-order valence-corrected chi connectivity index (χ3v) is 7.71. The minimum atomic E-state index is -1.08. The summed E-state index contributed by atoms with van der Waals surface area (Å²) in [4.78, 5) is 11.3. The number of aromatic nitrogens is 4. The number of piperidine rings is 1. The van der Waals surface area contributed by atoms with Crippen LogP contribution in [0.5, 0.6) is 0 Å². The molecular weight excluding hydrogens is 574 g/mol. The summed E-state index contributed by atoms with van der Waals surface area (Å²) >= 11 is 3.72. The van der Waals surface area contributed by atoms with Crippen LogP contribution in [0.2, 0.25) is 0 Å². The topological polar surface area (TPSA) is 107 Å². The van der Waals surface area contributed by atoms with Gasteiger partial charge in [-0.05, 0) is 58.6 Å². The van der Waals surface area contributed by atoms with Crippen molar-refractivity contribution in [1.29, 1.82) is 0 Å². The number of halogens is 3. The lowest BCUT2D eigenvalue weighted by Gasteiger charge is -2.44. The average Bonchev–Trinajstić information content (AvgIpc) is 3.59. The van der Waals surface area contributed by atoms with Gasteiger partial charge in [0.15, 0.2) is 17.4 Å². The Labute approximate surface area is 232 Å². The van der Waals surface area contributed by atoms with E-state index in [1.54, 1.807) is 12.3 Å². The van der Waals surface area contributed by atoms with Gasteiger partial charge >= 0.3 is 0 Å². The van der Waals surface area contributed by atoms with Crippen LogP contribution < -0.4 is 10.6 Å². The molecule has 9 nitrogen and oxygen atoms in total. The zero-order valence-corrected chi connectivity index (χ0v) is 22.7. The summed E-state index contributed by atoms with van der Waals surface area (Å²) in [7, 11) is 0. The van der Waals surface area contributed by atoms with Crippen LogP contribution in [0.1, 0.15) is 36.1 Å². The largest absolute Gasteiger partial charge is 0.356 e. The molecule has 0 bridgehead atoms. The van der Waals surface area contributed by atoms with Gasteiger partial charge in [-0.3, -0.25) is 4.79 Å². The lowest BCUT2D eigenvalue weighted by Crippen LogP contribution is -2.49. The fourth-order valence-corrected chi connectivity index (χ4v) is 5.66. The number of nitrogens with zero attached hydrogens (tertiary/aromatic N) is 4. The summed E-state index contributed by atoms with van der Waals surface area (Å²) in [6.45, 7) is 3.04. The van der Waals surface area contributed by atoms with E-state index >= 15 is 0 Å². The van der Waals surface area contributed by atoms with Crippen molar-refractivity contribution >= 4 is 21.8 Å². The van der Waals surface area contributed by atoms with E-state index in [9.17, 15) is 13.6 Å². The van der Waals surface area contributed by atoms with Crippen LogP contribution in [0.4, 0.5) is 8.78 Å². The van der Waals surface area contributed by atoms with E-state index < -0.39 is 23.2 Å². The summed E-state index contributed by atoms with van der Waals surface area (Å²) in [6, 6.07) is 11.6. The third kappa shape index (κ3) is 5.63. The zero-order valence-electron chi connectivity index (χ0n) is 21.2. The van der Waals surface area contributed by atoms with Gasteiger partial charge in [0.05, 0.1) is 16.6 Å². The molecule has 0 aliphatic carbocycles. The second-order valence-corrected chi connectivity index (χ2v) is 10.1. The zero-order chi connectivity index (χ0) is 27.4. The van der Waals surface area contributed by atoms with E-state index in [1.165, 1.54) is 23.9 Å². The molecule has 2 aromatic carbocycles. The number of hydrogen-bond acceptors (Lipinski definition) is 7. The van der Waals surface area contributed by atoms with Crippen molar-refractivity contribution in [3.8, 4) is 11.3 Å². The van der Waals surface area contributed by atoms with E-state index in [0.717, 1.165) is 17.2 Å².